The number of carbonyl (C=O) groups is 3. The molecule has 2 aliphatic rings. The lowest BCUT2D eigenvalue weighted by Crippen LogP contribution is -2.48. The minimum atomic E-state index is -0.857. The molecule has 1 saturated heterocycles. The first-order valence-electron chi connectivity index (χ1n) is 10.3. The number of amides is 3. The summed E-state index contributed by atoms with van der Waals surface area (Å²) in [6.07, 6.45) is 4.98. The van der Waals surface area contributed by atoms with Gasteiger partial charge in [-0.05, 0) is 44.0 Å². The fourth-order valence-electron chi connectivity index (χ4n) is 4.21. The molecule has 31 heavy (non-hydrogen) atoms. The number of allylic oxidation sites excluding steroid dienone is 2. The predicted octanol–water partition coefficient (Wildman–Crippen LogP) is 3.51. The molecule has 0 bridgehead atoms. The number of thiazole rings is 1. The van der Waals surface area contributed by atoms with Crippen molar-refractivity contribution < 1.29 is 18.8 Å². The van der Waals surface area contributed by atoms with E-state index in [4.69, 9.17) is 4.42 Å². The molecule has 3 aromatic rings. The zero-order chi connectivity index (χ0) is 21.5. The van der Waals surface area contributed by atoms with Crippen molar-refractivity contribution in [3.8, 4) is 10.8 Å². The van der Waals surface area contributed by atoms with Crippen LogP contribution >= 0.6 is 11.3 Å². The maximum absolute atomic E-state index is 12.7. The summed E-state index contributed by atoms with van der Waals surface area (Å²) in [5.74, 6) is -0.349. The Labute approximate surface area is 182 Å². The maximum Gasteiger partial charge on any atom is 0.243 e. The van der Waals surface area contributed by atoms with Crippen LogP contribution in [0, 0.1) is 11.8 Å². The highest BCUT2D eigenvalue weighted by atomic mass is 32.1. The lowest BCUT2D eigenvalue weighted by atomic mass is 9.85. The summed E-state index contributed by atoms with van der Waals surface area (Å²) in [6, 6.07) is 10.6. The van der Waals surface area contributed by atoms with E-state index < -0.39 is 6.04 Å². The van der Waals surface area contributed by atoms with Gasteiger partial charge >= 0.3 is 0 Å². The van der Waals surface area contributed by atoms with Crippen LogP contribution in [0.25, 0.3) is 21.0 Å². The summed E-state index contributed by atoms with van der Waals surface area (Å²) in [5.41, 5.74) is 0.915. The molecule has 3 amide bonds. The van der Waals surface area contributed by atoms with Gasteiger partial charge in [0.05, 0.1) is 28.6 Å². The Morgan fingerprint density at radius 3 is 2.58 bits per heavy atom. The quantitative estimate of drug-likeness (QED) is 0.489. The van der Waals surface area contributed by atoms with E-state index in [1.54, 1.807) is 24.3 Å². The average Bonchev–Trinajstić information content (AvgIpc) is 3.49. The summed E-state index contributed by atoms with van der Waals surface area (Å²) in [5, 5.41) is 3.55. The lowest BCUT2D eigenvalue weighted by molar-refractivity contribution is -0.147. The van der Waals surface area contributed by atoms with Gasteiger partial charge in [-0.25, -0.2) is 4.98 Å². The van der Waals surface area contributed by atoms with Crippen molar-refractivity contribution in [1.29, 1.82) is 0 Å². The summed E-state index contributed by atoms with van der Waals surface area (Å²) < 4.78 is 6.93. The van der Waals surface area contributed by atoms with Gasteiger partial charge in [0, 0.05) is 0 Å². The number of hydrogen-bond acceptors (Lipinski definition) is 6. The van der Waals surface area contributed by atoms with Crippen molar-refractivity contribution >= 4 is 39.3 Å². The molecular formula is C23H21N3O4S. The van der Waals surface area contributed by atoms with Gasteiger partial charge in [-0.3, -0.25) is 19.3 Å². The smallest absolute Gasteiger partial charge is 0.243 e. The number of imide groups is 1. The van der Waals surface area contributed by atoms with Crippen molar-refractivity contribution in [3.05, 3.63) is 54.3 Å². The minimum Gasteiger partial charge on any atom is -0.457 e. The molecule has 0 saturated carbocycles. The van der Waals surface area contributed by atoms with Crippen LogP contribution in [0.15, 0.2) is 53.0 Å². The molecule has 3 heterocycles. The highest BCUT2D eigenvalue weighted by Gasteiger charge is 2.50. The van der Waals surface area contributed by atoms with E-state index in [-0.39, 0.29) is 36.1 Å². The van der Waals surface area contributed by atoms with E-state index in [1.165, 1.54) is 0 Å². The van der Waals surface area contributed by atoms with Gasteiger partial charge < -0.3 is 9.73 Å². The van der Waals surface area contributed by atoms with E-state index in [0.29, 0.717) is 24.4 Å². The second-order valence-corrected chi connectivity index (χ2v) is 8.88. The Hall–Kier alpha value is -3.26. The molecule has 7 nitrogen and oxygen atoms in total. The van der Waals surface area contributed by atoms with Gasteiger partial charge in [-0.2, -0.15) is 0 Å². The zero-order valence-electron chi connectivity index (χ0n) is 16.9. The van der Waals surface area contributed by atoms with E-state index in [1.807, 2.05) is 42.5 Å². The monoisotopic (exact) mass is 435 g/mol. The average molecular weight is 436 g/mol. The van der Waals surface area contributed by atoms with Gasteiger partial charge in [0.25, 0.3) is 0 Å². The van der Waals surface area contributed by atoms with Crippen molar-refractivity contribution in [2.45, 2.75) is 32.4 Å². The first-order valence-corrected chi connectivity index (χ1v) is 11.1. The Kier molecular flexibility index (Phi) is 4.94. The van der Waals surface area contributed by atoms with Crippen LogP contribution in [-0.2, 0) is 20.9 Å². The number of likely N-dealkylation sites (tertiary alicyclic amines) is 1. The molecule has 0 radical (unpaired) electrons. The number of aromatic nitrogens is 1. The second kappa shape index (κ2) is 7.77. The highest BCUT2D eigenvalue weighted by molar-refractivity contribution is 7.21. The summed E-state index contributed by atoms with van der Waals surface area (Å²) in [4.78, 5) is 43.7. The number of para-hydroxylation sites is 1. The fraction of sp³-hybridized carbons (Fsp3) is 0.304. The Morgan fingerprint density at radius 2 is 1.87 bits per heavy atom. The standard InChI is InChI=1S/C23H21N3O4S/c1-13(26-22(28)15-6-2-3-7-16(15)23(26)29)20(27)24-12-14-10-11-18(30-14)21-25-17-8-4-5-9-19(17)31-21/h2-5,8-11,13,15-16H,6-7,12H2,1H3,(H,24,27)/t13-,15?,16?/m0/s1. The molecule has 1 aliphatic carbocycles. The van der Waals surface area contributed by atoms with Crippen LogP contribution in [0.2, 0.25) is 0 Å². The number of benzene rings is 1. The third-order valence-electron chi connectivity index (χ3n) is 5.91. The normalized spacial score (nSPS) is 21.5. The van der Waals surface area contributed by atoms with Crippen molar-refractivity contribution in [2.24, 2.45) is 11.8 Å². The summed E-state index contributed by atoms with van der Waals surface area (Å²) in [7, 11) is 0. The van der Waals surface area contributed by atoms with E-state index in [2.05, 4.69) is 10.3 Å². The maximum atomic E-state index is 12.7. The van der Waals surface area contributed by atoms with Crippen molar-refractivity contribution in [3.63, 3.8) is 0 Å². The van der Waals surface area contributed by atoms with E-state index in [0.717, 1.165) is 20.1 Å². The van der Waals surface area contributed by atoms with Gasteiger partial charge in [-0.15, -0.1) is 11.3 Å². The van der Waals surface area contributed by atoms with Crippen LogP contribution in [0.5, 0.6) is 0 Å². The van der Waals surface area contributed by atoms with Crippen molar-refractivity contribution in [2.75, 3.05) is 0 Å². The molecular weight excluding hydrogens is 414 g/mol. The molecule has 8 heteroatoms. The highest BCUT2D eigenvalue weighted by Crippen LogP contribution is 2.36. The SMILES string of the molecule is C[C@@H](C(=O)NCc1ccc(-c2nc3ccccc3s2)o1)N1C(=O)C2CC=CCC2C1=O. The topological polar surface area (TPSA) is 92.5 Å². The molecule has 2 unspecified atom stereocenters. The van der Waals surface area contributed by atoms with Crippen molar-refractivity contribution in [1.82, 2.24) is 15.2 Å². The van der Waals surface area contributed by atoms with E-state index >= 15 is 0 Å². The molecule has 1 fully saturated rings. The van der Waals surface area contributed by atoms with Crippen LogP contribution in [0.4, 0.5) is 0 Å². The minimum absolute atomic E-state index is 0.165. The lowest BCUT2D eigenvalue weighted by Gasteiger charge is -2.22. The third-order valence-corrected chi connectivity index (χ3v) is 6.96. The first-order chi connectivity index (χ1) is 15.0. The molecule has 2 aromatic heterocycles. The largest absolute Gasteiger partial charge is 0.457 e. The summed E-state index contributed by atoms with van der Waals surface area (Å²) in [6.45, 7) is 1.75. The van der Waals surface area contributed by atoms with Crippen LogP contribution in [0.3, 0.4) is 0 Å². The van der Waals surface area contributed by atoms with E-state index in [9.17, 15) is 14.4 Å². The van der Waals surface area contributed by atoms with Gasteiger partial charge in [0.15, 0.2) is 10.8 Å². The molecule has 1 aromatic carbocycles. The van der Waals surface area contributed by atoms with Gasteiger partial charge in [0.2, 0.25) is 17.7 Å². The molecule has 5 rings (SSSR count). The zero-order valence-corrected chi connectivity index (χ0v) is 17.7. The number of fused-ring (bicyclic) bond motifs is 2. The predicted molar refractivity (Wildman–Crippen MR) is 116 cm³/mol. The number of nitrogens with one attached hydrogen (secondary N) is 1. The molecule has 3 atom stereocenters. The number of hydrogen-bond donors (Lipinski definition) is 1. The molecule has 0 spiro atoms. The van der Waals surface area contributed by atoms with Gasteiger partial charge in [0.1, 0.15) is 11.8 Å². The second-order valence-electron chi connectivity index (χ2n) is 7.85. The third kappa shape index (κ3) is 3.46. The molecule has 1 N–H and O–H groups in total. The number of rotatable bonds is 5. The van der Waals surface area contributed by atoms with Crippen LogP contribution in [-0.4, -0.2) is 33.6 Å². The first kappa shape index (κ1) is 19.7. The van der Waals surface area contributed by atoms with Crippen LogP contribution < -0.4 is 5.32 Å². The Balaban J connectivity index is 1.24. The summed E-state index contributed by atoms with van der Waals surface area (Å²) >= 11 is 1.54. The number of nitrogens with zero attached hydrogens (tertiary/aromatic N) is 2. The van der Waals surface area contributed by atoms with Gasteiger partial charge in [-0.1, -0.05) is 24.3 Å². The number of furan rings is 1. The Morgan fingerprint density at radius 1 is 1.16 bits per heavy atom. The Bertz CT molecular complexity index is 1150. The number of carbonyl (C=O) groups excluding carboxylic acids is 3. The molecule has 1 aliphatic heterocycles. The van der Waals surface area contributed by atoms with Crippen LogP contribution in [0.1, 0.15) is 25.5 Å². The molecule has 158 valence electrons. The fourth-order valence-corrected chi connectivity index (χ4v) is 5.14.